The molecule has 1 N–H and O–H groups in total. The second kappa shape index (κ2) is 6.31. The van der Waals surface area contributed by atoms with E-state index in [4.69, 9.17) is 9.47 Å². The van der Waals surface area contributed by atoms with Crippen LogP contribution in [0.5, 0.6) is 0 Å². The van der Waals surface area contributed by atoms with Gasteiger partial charge in [0.1, 0.15) is 4.21 Å². The fraction of sp³-hybridized carbons (Fsp3) is 0.556. The van der Waals surface area contributed by atoms with Crippen molar-refractivity contribution in [3.8, 4) is 0 Å². The first-order chi connectivity index (χ1) is 7.60. The van der Waals surface area contributed by atoms with E-state index in [1.807, 2.05) is 0 Å². The summed E-state index contributed by atoms with van der Waals surface area (Å²) in [5.41, 5.74) is 0. The van der Waals surface area contributed by atoms with E-state index in [2.05, 4.69) is 4.72 Å². The lowest BCUT2D eigenvalue weighted by molar-refractivity contribution is -0.104. The predicted molar refractivity (Wildman–Crippen MR) is 61.9 cm³/mol. The number of thiophene rings is 1. The van der Waals surface area contributed by atoms with Gasteiger partial charge in [0.2, 0.25) is 10.0 Å². The quantitative estimate of drug-likeness (QED) is 0.748. The standard InChI is InChI=1S/C9H15NO4S2/c1-13-8(14-2)5-6-10-16(11,12)9-4-3-7-15-9/h3-4,7-8,10H,5-6H2,1-2H3. The maximum absolute atomic E-state index is 11.7. The van der Waals surface area contributed by atoms with Gasteiger partial charge < -0.3 is 9.47 Å². The average Bonchev–Trinajstić information content (AvgIpc) is 2.78. The molecule has 0 aliphatic rings. The number of rotatable bonds is 7. The molecule has 0 spiro atoms. The highest BCUT2D eigenvalue weighted by Gasteiger charge is 2.15. The molecule has 0 aliphatic carbocycles. The van der Waals surface area contributed by atoms with Crippen molar-refractivity contribution >= 4 is 21.4 Å². The maximum atomic E-state index is 11.7. The largest absolute Gasteiger partial charge is 0.356 e. The molecule has 0 amide bonds. The number of sulfonamides is 1. The van der Waals surface area contributed by atoms with Crippen LogP contribution in [-0.2, 0) is 19.5 Å². The van der Waals surface area contributed by atoms with Crippen LogP contribution >= 0.6 is 11.3 Å². The number of nitrogens with one attached hydrogen (secondary N) is 1. The van der Waals surface area contributed by atoms with Crippen molar-refractivity contribution in [3.05, 3.63) is 17.5 Å². The third-order valence-corrected chi connectivity index (χ3v) is 4.82. The average molecular weight is 265 g/mol. The molecule has 92 valence electrons. The van der Waals surface area contributed by atoms with E-state index in [-0.39, 0.29) is 12.8 Å². The third-order valence-electron chi connectivity index (χ3n) is 1.96. The Morgan fingerprint density at radius 3 is 2.62 bits per heavy atom. The Bertz CT molecular complexity index is 384. The minimum Gasteiger partial charge on any atom is -0.356 e. The Labute approximate surface area is 99.4 Å². The molecule has 0 saturated heterocycles. The van der Waals surface area contributed by atoms with Crippen LogP contribution in [0.15, 0.2) is 21.7 Å². The molecule has 0 radical (unpaired) electrons. The van der Waals surface area contributed by atoms with Gasteiger partial charge in [-0.2, -0.15) is 0 Å². The molecule has 1 heterocycles. The van der Waals surface area contributed by atoms with Crippen molar-refractivity contribution < 1.29 is 17.9 Å². The summed E-state index contributed by atoms with van der Waals surface area (Å²) >= 11 is 1.19. The summed E-state index contributed by atoms with van der Waals surface area (Å²) in [5, 5.41) is 1.72. The predicted octanol–water partition coefficient (Wildman–Crippen LogP) is 1.04. The van der Waals surface area contributed by atoms with Gasteiger partial charge in [0.15, 0.2) is 6.29 Å². The molecule has 0 bridgehead atoms. The van der Waals surface area contributed by atoms with Crippen molar-refractivity contribution in [2.45, 2.75) is 16.9 Å². The van der Waals surface area contributed by atoms with Crippen LogP contribution in [0.1, 0.15) is 6.42 Å². The van der Waals surface area contributed by atoms with Crippen LogP contribution < -0.4 is 4.72 Å². The zero-order chi connectivity index (χ0) is 12.0. The zero-order valence-electron chi connectivity index (χ0n) is 9.17. The van der Waals surface area contributed by atoms with Gasteiger partial charge in [-0.1, -0.05) is 6.07 Å². The Morgan fingerprint density at radius 2 is 2.12 bits per heavy atom. The highest BCUT2D eigenvalue weighted by Crippen LogP contribution is 2.15. The van der Waals surface area contributed by atoms with E-state index in [0.29, 0.717) is 10.6 Å². The van der Waals surface area contributed by atoms with Crippen molar-refractivity contribution in [2.75, 3.05) is 20.8 Å². The highest BCUT2D eigenvalue weighted by molar-refractivity contribution is 7.91. The molecule has 1 aromatic rings. The van der Waals surface area contributed by atoms with E-state index in [1.54, 1.807) is 17.5 Å². The fourth-order valence-corrected chi connectivity index (χ4v) is 3.22. The van der Waals surface area contributed by atoms with Crippen LogP contribution in [0.2, 0.25) is 0 Å². The minimum atomic E-state index is -3.37. The van der Waals surface area contributed by atoms with E-state index in [0.717, 1.165) is 0 Å². The van der Waals surface area contributed by atoms with Crippen LogP contribution in [0.3, 0.4) is 0 Å². The summed E-state index contributed by atoms with van der Waals surface area (Å²) in [5.74, 6) is 0. The normalized spacial score (nSPS) is 12.2. The second-order valence-corrected chi connectivity index (χ2v) is 5.96. The number of methoxy groups -OCH3 is 2. The molecule has 7 heteroatoms. The van der Waals surface area contributed by atoms with Crippen molar-refractivity contribution in [2.24, 2.45) is 0 Å². The van der Waals surface area contributed by atoms with E-state index < -0.39 is 10.0 Å². The van der Waals surface area contributed by atoms with Gasteiger partial charge >= 0.3 is 0 Å². The lowest BCUT2D eigenvalue weighted by Crippen LogP contribution is -2.28. The van der Waals surface area contributed by atoms with Gasteiger partial charge in [-0.15, -0.1) is 11.3 Å². The van der Waals surface area contributed by atoms with Gasteiger partial charge in [0, 0.05) is 27.2 Å². The Hall–Kier alpha value is -0.470. The molecule has 16 heavy (non-hydrogen) atoms. The van der Waals surface area contributed by atoms with Crippen molar-refractivity contribution in [1.82, 2.24) is 4.72 Å². The molecule has 0 aliphatic heterocycles. The van der Waals surface area contributed by atoms with E-state index in [9.17, 15) is 8.42 Å². The molecule has 0 fully saturated rings. The Balaban J connectivity index is 2.44. The fourth-order valence-electron chi connectivity index (χ4n) is 1.13. The SMILES string of the molecule is COC(CCNS(=O)(=O)c1cccs1)OC. The summed E-state index contributed by atoms with van der Waals surface area (Å²) in [6, 6.07) is 3.27. The van der Waals surface area contributed by atoms with Crippen molar-refractivity contribution in [1.29, 1.82) is 0 Å². The Morgan fingerprint density at radius 1 is 1.44 bits per heavy atom. The summed E-state index contributed by atoms with van der Waals surface area (Å²) in [4.78, 5) is 0. The summed E-state index contributed by atoms with van der Waals surface area (Å²) in [7, 11) is -0.340. The summed E-state index contributed by atoms with van der Waals surface area (Å²) in [6.45, 7) is 0.284. The molecule has 0 unspecified atom stereocenters. The second-order valence-electron chi connectivity index (χ2n) is 3.02. The Kier molecular flexibility index (Phi) is 5.36. The number of hydrogen-bond donors (Lipinski definition) is 1. The summed E-state index contributed by atoms with van der Waals surface area (Å²) < 4.78 is 36.0. The van der Waals surface area contributed by atoms with E-state index >= 15 is 0 Å². The van der Waals surface area contributed by atoms with Gasteiger partial charge in [-0.05, 0) is 11.4 Å². The van der Waals surface area contributed by atoms with Crippen LogP contribution in [0.25, 0.3) is 0 Å². The molecule has 0 atom stereocenters. The van der Waals surface area contributed by atoms with E-state index in [1.165, 1.54) is 25.6 Å². The molecule has 5 nitrogen and oxygen atoms in total. The molecular formula is C9H15NO4S2. The lowest BCUT2D eigenvalue weighted by Gasteiger charge is -2.13. The minimum absolute atomic E-state index is 0.284. The van der Waals surface area contributed by atoms with Crippen LogP contribution in [0, 0.1) is 0 Å². The number of ether oxygens (including phenoxy) is 2. The topological polar surface area (TPSA) is 64.6 Å². The summed E-state index contributed by atoms with van der Waals surface area (Å²) in [6.07, 6.45) is 0.0865. The molecule has 1 aromatic heterocycles. The lowest BCUT2D eigenvalue weighted by atomic mass is 10.4. The monoisotopic (exact) mass is 265 g/mol. The first-order valence-electron chi connectivity index (χ1n) is 4.69. The first kappa shape index (κ1) is 13.6. The van der Waals surface area contributed by atoms with Gasteiger partial charge in [-0.25, -0.2) is 13.1 Å². The molecule has 0 aromatic carbocycles. The van der Waals surface area contributed by atoms with Gasteiger partial charge in [-0.3, -0.25) is 0 Å². The van der Waals surface area contributed by atoms with Gasteiger partial charge in [0.25, 0.3) is 0 Å². The molecule has 1 rings (SSSR count). The van der Waals surface area contributed by atoms with Gasteiger partial charge in [0.05, 0.1) is 0 Å². The zero-order valence-corrected chi connectivity index (χ0v) is 10.8. The number of hydrogen-bond acceptors (Lipinski definition) is 5. The smallest absolute Gasteiger partial charge is 0.250 e. The van der Waals surface area contributed by atoms with Crippen molar-refractivity contribution in [3.63, 3.8) is 0 Å². The molecule has 0 saturated carbocycles. The third kappa shape index (κ3) is 3.84. The molecular weight excluding hydrogens is 250 g/mol. The van der Waals surface area contributed by atoms with Crippen LogP contribution in [-0.4, -0.2) is 35.5 Å². The maximum Gasteiger partial charge on any atom is 0.250 e. The highest BCUT2D eigenvalue weighted by atomic mass is 32.2. The first-order valence-corrected chi connectivity index (χ1v) is 7.05. The van der Waals surface area contributed by atoms with Crippen LogP contribution in [0.4, 0.5) is 0 Å².